The van der Waals surface area contributed by atoms with E-state index in [-0.39, 0.29) is 17.4 Å². The summed E-state index contributed by atoms with van der Waals surface area (Å²) in [5.74, 6) is 6.21. The van der Waals surface area contributed by atoms with Gasteiger partial charge in [-0.3, -0.25) is 9.59 Å². The molecule has 1 aromatic carbocycles. The van der Waals surface area contributed by atoms with Crippen molar-refractivity contribution in [3.8, 4) is 5.95 Å². The van der Waals surface area contributed by atoms with E-state index in [0.717, 1.165) is 23.1 Å². The summed E-state index contributed by atoms with van der Waals surface area (Å²) in [4.78, 5) is 23.6. The molecule has 0 saturated carbocycles. The highest BCUT2D eigenvalue weighted by Gasteiger charge is 2.16. The standard InChI is InChI=1S/C17H19N7O2S/c1-10-7-11(2)24(22-10)16-20-21-17(23(16)18)27-9-15(26)19-14-6-4-5-13(8-14)12(3)25/h4-8H,9,18H2,1-3H3,(H,19,26). The van der Waals surface area contributed by atoms with Crippen LogP contribution in [-0.2, 0) is 4.79 Å². The van der Waals surface area contributed by atoms with Gasteiger partial charge in [-0.1, -0.05) is 23.9 Å². The maximum Gasteiger partial charge on any atom is 0.271 e. The van der Waals surface area contributed by atoms with Crippen molar-refractivity contribution in [2.45, 2.75) is 25.9 Å². The van der Waals surface area contributed by atoms with Gasteiger partial charge in [0, 0.05) is 16.9 Å². The van der Waals surface area contributed by atoms with Crippen LogP contribution in [0.4, 0.5) is 5.69 Å². The van der Waals surface area contributed by atoms with E-state index in [2.05, 4.69) is 20.6 Å². The molecule has 0 radical (unpaired) electrons. The predicted octanol–water partition coefficient (Wildman–Crippen LogP) is 1.73. The van der Waals surface area contributed by atoms with E-state index >= 15 is 0 Å². The van der Waals surface area contributed by atoms with Crippen molar-refractivity contribution in [3.63, 3.8) is 0 Å². The molecule has 0 aliphatic heterocycles. The van der Waals surface area contributed by atoms with Gasteiger partial charge in [-0.25, -0.2) is 9.36 Å². The quantitative estimate of drug-likeness (QED) is 0.376. The smallest absolute Gasteiger partial charge is 0.271 e. The van der Waals surface area contributed by atoms with Crippen molar-refractivity contribution in [2.24, 2.45) is 0 Å². The number of aryl methyl sites for hydroxylation is 2. The van der Waals surface area contributed by atoms with Gasteiger partial charge in [-0.05, 0) is 39.0 Å². The first kappa shape index (κ1) is 18.6. The Morgan fingerprint density at radius 2 is 2.00 bits per heavy atom. The fraction of sp³-hybridized carbons (Fsp3) is 0.235. The first-order valence-electron chi connectivity index (χ1n) is 8.13. The van der Waals surface area contributed by atoms with E-state index in [4.69, 9.17) is 5.84 Å². The highest BCUT2D eigenvalue weighted by molar-refractivity contribution is 7.99. The van der Waals surface area contributed by atoms with Crippen LogP contribution in [0.5, 0.6) is 0 Å². The van der Waals surface area contributed by atoms with Gasteiger partial charge in [-0.15, -0.1) is 10.2 Å². The lowest BCUT2D eigenvalue weighted by Crippen LogP contribution is -2.18. The van der Waals surface area contributed by atoms with Crippen LogP contribution in [0.1, 0.15) is 28.7 Å². The SMILES string of the molecule is CC(=O)c1cccc(NC(=O)CSc2nnc(-n3nc(C)cc3C)n2N)c1. The van der Waals surface area contributed by atoms with Gasteiger partial charge in [0.15, 0.2) is 5.78 Å². The number of hydrogen-bond donors (Lipinski definition) is 2. The molecule has 2 aromatic heterocycles. The van der Waals surface area contributed by atoms with Crippen molar-refractivity contribution in [1.29, 1.82) is 0 Å². The highest BCUT2D eigenvalue weighted by Crippen LogP contribution is 2.18. The Balaban J connectivity index is 1.65. The van der Waals surface area contributed by atoms with Crippen molar-refractivity contribution in [2.75, 3.05) is 16.9 Å². The summed E-state index contributed by atoms with van der Waals surface area (Å²) in [6.07, 6.45) is 0. The third-order valence-electron chi connectivity index (χ3n) is 3.73. The molecule has 0 atom stereocenters. The van der Waals surface area contributed by atoms with Gasteiger partial charge in [0.2, 0.25) is 11.1 Å². The van der Waals surface area contributed by atoms with Crippen molar-refractivity contribution in [1.82, 2.24) is 24.7 Å². The zero-order valence-electron chi connectivity index (χ0n) is 15.1. The van der Waals surface area contributed by atoms with E-state index in [1.165, 1.54) is 11.6 Å². The lowest BCUT2D eigenvalue weighted by molar-refractivity contribution is -0.113. The summed E-state index contributed by atoms with van der Waals surface area (Å²) < 4.78 is 2.90. The molecule has 2 heterocycles. The van der Waals surface area contributed by atoms with E-state index in [1.807, 2.05) is 19.9 Å². The number of ketones is 1. The van der Waals surface area contributed by atoms with Crippen LogP contribution in [0.3, 0.4) is 0 Å². The first-order chi connectivity index (χ1) is 12.8. The first-order valence-corrected chi connectivity index (χ1v) is 9.11. The number of nitrogen functional groups attached to an aromatic ring is 1. The predicted molar refractivity (Wildman–Crippen MR) is 103 cm³/mol. The third-order valence-corrected chi connectivity index (χ3v) is 4.67. The number of Topliss-reactive ketones (excluding diaryl/α,β-unsaturated/α-hetero) is 1. The van der Waals surface area contributed by atoms with Gasteiger partial charge in [0.1, 0.15) is 0 Å². The Morgan fingerprint density at radius 1 is 1.22 bits per heavy atom. The molecule has 140 valence electrons. The fourth-order valence-electron chi connectivity index (χ4n) is 2.49. The third kappa shape index (κ3) is 4.17. The molecule has 27 heavy (non-hydrogen) atoms. The number of amides is 1. The Labute approximate surface area is 159 Å². The fourth-order valence-corrected chi connectivity index (χ4v) is 3.14. The molecule has 3 rings (SSSR count). The summed E-state index contributed by atoms with van der Waals surface area (Å²) in [5.41, 5.74) is 2.82. The monoisotopic (exact) mass is 385 g/mol. The topological polar surface area (TPSA) is 121 Å². The molecule has 0 saturated heterocycles. The molecule has 0 aliphatic rings. The minimum absolute atomic E-state index is 0.0617. The maximum atomic E-state index is 12.2. The molecule has 10 heteroatoms. The summed E-state index contributed by atoms with van der Waals surface area (Å²) >= 11 is 1.16. The number of nitrogens with zero attached hydrogens (tertiary/aromatic N) is 5. The van der Waals surface area contributed by atoms with Gasteiger partial charge in [0.05, 0.1) is 11.4 Å². The van der Waals surface area contributed by atoms with Crippen LogP contribution in [0.25, 0.3) is 5.95 Å². The number of nitrogens with one attached hydrogen (secondary N) is 1. The van der Waals surface area contributed by atoms with Gasteiger partial charge >= 0.3 is 0 Å². The number of benzene rings is 1. The Bertz CT molecular complexity index is 1010. The molecule has 3 N–H and O–H groups in total. The van der Waals surface area contributed by atoms with Crippen molar-refractivity contribution < 1.29 is 9.59 Å². The second-order valence-electron chi connectivity index (χ2n) is 5.97. The number of nitrogens with two attached hydrogens (primary N) is 1. The number of hydrogen-bond acceptors (Lipinski definition) is 7. The van der Waals surface area contributed by atoms with Crippen LogP contribution < -0.4 is 11.2 Å². The summed E-state index contributed by atoms with van der Waals surface area (Å²) in [6.45, 7) is 5.25. The molecule has 0 aliphatic carbocycles. The number of carbonyl (C=O) groups is 2. The second kappa shape index (κ2) is 7.62. The van der Waals surface area contributed by atoms with Crippen molar-refractivity contribution >= 4 is 29.1 Å². The molecule has 3 aromatic rings. The number of anilines is 1. The van der Waals surface area contributed by atoms with Gasteiger partial charge in [-0.2, -0.15) is 5.10 Å². The highest BCUT2D eigenvalue weighted by atomic mass is 32.2. The molecular formula is C17H19N7O2S. The molecule has 9 nitrogen and oxygen atoms in total. The Morgan fingerprint density at radius 3 is 2.67 bits per heavy atom. The zero-order chi connectivity index (χ0) is 19.6. The molecule has 0 fully saturated rings. The molecule has 0 bridgehead atoms. The summed E-state index contributed by atoms with van der Waals surface area (Å²) in [7, 11) is 0. The maximum absolute atomic E-state index is 12.2. The van der Waals surface area contributed by atoms with E-state index < -0.39 is 0 Å². The van der Waals surface area contributed by atoms with Crippen LogP contribution >= 0.6 is 11.8 Å². The van der Waals surface area contributed by atoms with Crippen LogP contribution in [0, 0.1) is 13.8 Å². The number of rotatable bonds is 6. The lowest BCUT2D eigenvalue weighted by atomic mass is 10.1. The Kier molecular flexibility index (Phi) is 5.26. The van der Waals surface area contributed by atoms with Crippen LogP contribution in [0.15, 0.2) is 35.5 Å². The van der Waals surface area contributed by atoms with Crippen LogP contribution in [0.2, 0.25) is 0 Å². The number of carbonyl (C=O) groups excluding carboxylic acids is 2. The Hall–Kier alpha value is -3.14. The summed E-state index contributed by atoms with van der Waals surface area (Å²) in [6, 6.07) is 8.68. The molecule has 0 unspecified atom stereocenters. The van der Waals surface area contributed by atoms with E-state index in [1.54, 1.807) is 28.9 Å². The minimum Gasteiger partial charge on any atom is -0.334 e. The molecular weight excluding hydrogens is 366 g/mol. The van der Waals surface area contributed by atoms with Gasteiger partial charge < -0.3 is 11.2 Å². The largest absolute Gasteiger partial charge is 0.334 e. The van der Waals surface area contributed by atoms with Gasteiger partial charge in [0.25, 0.3) is 5.95 Å². The number of aromatic nitrogens is 5. The van der Waals surface area contributed by atoms with Crippen molar-refractivity contribution in [3.05, 3.63) is 47.3 Å². The van der Waals surface area contributed by atoms with E-state index in [0.29, 0.717) is 22.4 Å². The minimum atomic E-state index is -0.239. The normalized spacial score (nSPS) is 10.8. The molecule has 1 amide bonds. The average molecular weight is 385 g/mol. The van der Waals surface area contributed by atoms with E-state index in [9.17, 15) is 9.59 Å². The lowest BCUT2D eigenvalue weighted by Gasteiger charge is -2.07. The van der Waals surface area contributed by atoms with Crippen LogP contribution in [-0.4, -0.2) is 42.1 Å². The number of thioether (sulfide) groups is 1. The zero-order valence-corrected chi connectivity index (χ0v) is 15.9. The second-order valence-corrected chi connectivity index (χ2v) is 6.91. The average Bonchev–Trinajstić information content (AvgIpc) is 3.14. The summed E-state index contributed by atoms with van der Waals surface area (Å²) in [5, 5.41) is 15.5. The molecule has 0 spiro atoms.